The van der Waals surface area contributed by atoms with E-state index in [1.807, 2.05) is 13.8 Å². The lowest BCUT2D eigenvalue weighted by molar-refractivity contribution is -0.288. The standard InChI is InChI=1S/C19H20F6.C2H6/c1-5-6-9-15(11-13(2)3)17(18(20,21)22,19(23,24)25)16-10-7-8-14(4)12-16;1-2/h5-12H,1-4H3;1-2H3/b6-5-,15-9+;. The maximum Gasteiger partial charge on any atom is 0.411 e. The maximum absolute atomic E-state index is 14.0. The third kappa shape index (κ3) is 5.50. The molecule has 0 nitrogen and oxygen atoms in total. The minimum absolute atomic E-state index is 0.318. The van der Waals surface area contributed by atoms with Gasteiger partial charge in [-0.25, -0.2) is 0 Å². The van der Waals surface area contributed by atoms with Crippen molar-refractivity contribution in [2.75, 3.05) is 0 Å². The number of aryl methyl sites for hydroxylation is 1. The molecule has 0 radical (unpaired) electrons. The second-order valence-electron chi connectivity index (χ2n) is 5.98. The molecule has 1 rings (SSSR count). The number of rotatable bonds is 4. The molecule has 0 saturated heterocycles. The van der Waals surface area contributed by atoms with Crippen LogP contribution in [0.4, 0.5) is 26.3 Å². The van der Waals surface area contributed by atoms with Crippen molar-refractivity contribution in [3.8, 4) is 0 Å². The van der Waals surface area contributed by atoms with Gasteiger partial charge in [0.2, 0.25) is 5.41 Å². The van der Waals surface area contributed by atoms with Crippen molar-refractivity contribution in [3.63, 3.8) is 0 Å². The quantitative estimate of drug-likeness (QED) is 0.361. The highest BCUT2D eigenvalue weighted by molar-refractivity contribution is 5.49. The molecular formula is C21H26F6. The summed E-state index contributed by atoms with van der Waals surface area (Å²) < 4.78 is 84.0. The van der Waals surface area contributed by atoms with Gasteiger partial charge in [0.05, 0.1) is 0 Å². The summed E-state index contributed by atoms with van der Waals surface area (Å²) in [5.74, 6) is 0. The largest absolute Gasteiger partial charge is 0.411 e. The van der Waals surface area contributed by atoms with E-state index in [1.54, 1.807) is 0 Å². The van der Waals surface area contributed by atoms with Gasteiger partial charge in [-0.1, -0.05) is 73.6 Å². The summed E-state index contributed by atoms with van der Waals surface area (Å²) >= 11 is 0. The average Bonchev–Trinajstić information content (AvgIpc) is 2.51. The summed E-state index contributed by atoms with van der Waals surface area (Å²) in [4.78, 5) is 0. The molecule has 0 aliphatic carbocycles. The summed E-state index contributed by atoms with van der Waals surface area (Å²) in [6.45, 7) is 9.89. The fourth-order valence-electron chi connectivity index (χ4n) is 2.65. The highest BCUT2D eigenvalue weighted by atomic mass is 19.4. The van der Waals surface area contributed by atoms with Crippen LogP contribution in [-0.4, -0.2) is 12.4 Å². The van der Waals surface area contributed by atoms with Crippen molar-refractivity contribution in [2.24, 2.45) is 0 Å². The van der Waals surface area contributed by atoms with Crippen LogP contribution in [-0.2, 0) is 5.41 Å². The van der Waals surface area contributed by atoms with Gasteiger partial charge in [-0.2, -0.15) is 26.3 Å². The Kier molecular flexibility index (Phi) is 9.09. The second kappa shape index (κ2) is 9.81. The molecule has 6 heteroatoms. The molecular weight excluding hydrogens is 366 g/mol. The van der Waals surface area contributed by atoms with Crippen LogP contribution in [0.15, 0.2) is 59.7 Å². The van der Waals surface area contributed by atoms with Crippen molar-refractivity contribution in [3.05, 3.63) is 70.8 Å². The lowest BCUT2D eigenvalue weighted by Gasteiger charge is -2.39. The first-order valence-corrected chi connectivity index (χ1v) is 8.57. The Bertz CT molecular complexity index is 669. The van der Waals surface area contributed by atoms with Crippen molar-refractivity contribution >= 4 is 0 Å². The van der Waals surface area contributed by atoms with E-state index in [2.05, 4.69) is 0 Å². The Balaban J connectivity index is 0.00000326. The summed E-state index contributed by atoms with van der Waals surface area (Å²) in [7, 11) is 0. The van der Waals surface area contributed by atoms with E-state index in [0.29, 0.717) is 11.1 Å². The number of halogens is 6. The number of hydrogen-bond donors (Lipinski definition) is 0. The van der Waals surface area contributed by atoms with Crippen LogP contribution in [0.3, 0.4) is 0 Å². The molecule has 0 spiro atoms. The zero-order valence-electron chi connectivity index (χ0n) is 16.4. The summed E-state index contributed by atoms with van der Waals surface area (Å²) in [5.41, 5.74) is -5.17. The minimum Gasteiger partial charge on any atom is -0.169 e. The first-order valence-electron chi connectivity index (χ1n) is 8.57. The molecule has 0 amide bonds. The van der Waals surface area contributed by atoms with E-state index in [-0.39, 0.29) is 0 Å². The Labute approximate surface area is 157 Å². The predicted octanol–water partition coefficient (Wildman–Crippen LogP) is 7.85. The third-order valence-corrected chi connectivity index (χ3v) is 3.65. The van der Waals surface area contributed by atoms with Gasteiger partial charge < -0.3 is 0 Å². The monoisotopic (exact) mass is 392 g/mol. The smallest absolute Gasteiger partial charge is 0.169 e. The van der Waals surface area contributed by atoms with Crippen LogP contribution in [0, 0.1) is 6.92 Å². The van der Waals surface area contributed by atoms with E-state index in [0.717, 1.165) is 24.3 Å². The fraction of sp³-hybridized carbons (Fsp3) is 0.429. The summed E-state index contributed by atoms with van der Waals surface area (Å²) in [6, 6.07) is 4.46. The van der Waals surface area contributed by atoms with Gasteiger partial charge >= 0.3 is 12.4 Å². The first-order chi connectivity index (χ1) is 12.4. The lowest BCUT2D eigenvalue weighted by atomic mass is 9.71. The Morgan fingerprint density at radius 3 is 1.81 bits per heavy atom. The van der Waals surface area contributed by atoms with Crippen LogP contribution < -0.4 is 0 Å². The molecule has 0 unspecified atom stereocenters. The predicted molar refractivity (Wildman–Crippen MR) is 98.6 cm³/mol. The first kappa shape index (κ1) is 25.0. The molecule has 0 atom stereocenters. The lowest BCUT2D eigenvalue weighted by Crippen LogP contribution is -2.55. The van der Waals surface area contributed by atoms with Gasteiger partial charge in [0.25, 0.3) is 0 Å². The van der Waals surface area contributed by atoms with Gasteiger partial charge in [0, 0.05) is 0 Å². The molecule has 1 aromatic carbocycles. The number of hydrogen-bond acceptors (Lipinski definition) is 0. The number of allylic oxidation sites excluding steroid dienone is 6. The van der Waals surface area contributed by atoms with Crippen molar-refractivity contribution < 1.29 is 26.3 Å². The second-order valence-corrected chi connectivity index (χ2v) is 5.98. The Morgan fingerprint density at radius 2 is 1.44 bits per heavy atom. The molecule has 0 bridgehead atoms. The van der Waals surface area contributed by atoms with E-state index in [4.69, 9.17) is 0 Å². The normalized spacial score (nSPS) is 13.3. The molecule has 0 N–H and O–H groups in total. The van der Waals surface area contributed by atoms with Gasteiger partial charge in [0.15, 0.2) is 0 Å². The van der Waals surface area contributed by atoms with E-state index < -0.39 is 28.9 Å². The molecule has 0 saturated carbocycles. The molecule has 0 aromatic heterocycles. The van der Waals surface area contributed by atoms with Gasteiger partial charge in [-0.15, -0.1) is 0 Å². The van der Waals surface area contributed by atoms with E-state index in [1.165, 1.54) is 52.0 Å². The van der Waals surface area contributed by atoms with E-state index in [9.17, 15) is 26.3 Å². The summed E-state index contributed by atoms with van der Waals surface area (Å²) in [6.07, 6.45) is -6.78. The van der Waals surface area contributed by atoms with Crippen molar-refractivity contribution in [1.82, 2.24) is 0 Å². The average molecular weight is 392 g/mol. The van der Waals surface area contributed by atoms with E-state index >= 15 is 0 Å². The molecule has 0 aliphatic heterocycles. The Morgan fingerprint density at radius 1 is 0.926 bits per heavy atom. The number of benzene rings is 1. The summed E-state index contributed by atoms with van der Waals surface area (Å²) in [5, 5.41) is 0. The topological polar surface area (TPSA) is 0 Å². The van der Waals surface area contributed by atoms with Crippen LogP contribution in [0.2, 0.25) is 0 Å². The SMILES string of the molecule is C/C=C\C=C(/C=C(C)C)C(c1cccc(C)c1)(C(F)(F)F)C(F)(F)F.CC. The molecule has 27 heavy (non-hydrogen) atoms. The molecule has 152 valence electrons. The van der Waals surface area contributed by atoms with Crippen molar-refractivity contribution in [1.29, 1.82) is 0 Å². The van der Waals surface area contributed by atoms with Gasteiger partial charge in [-0.3, -0.25) is 0 Å². The zero-order valence-corrected chi connectivity index (χ0v) is 16.4. The van der Waals surface area contributed by atoms with Gasteiger partial charge in [-0.05, 0) is 38.8 Å². The fourth-order valence-corrected chi connectivity index (χ4v) is 2.65. The van der Waals surface area contributed by atoms with Crippen LogP contribution >= 0.6 is 0 Å². The highest BCUT2D eigenvalue weighted by Gasteiger charge is 2.72. The van der Waals surface area contributed by atoms with Crippen LogP contribution in [0.1, 0.15) is 45.7 Å². The molecule has 0 fully saturated rings. The zero-order chi connectivity index (χ0) is 21.5. The number of alkyl halides is 6. The molecule has 1 aromatic rings. The van der Waals surface area contributed by atoms with Crippen molar-refractivity contribution in [2.45, 2.75) is 59.3 Å². The van der Waals surface area contributed by atoms with Crippen LogP contribution in [0.25, 0.3) is 0 Å². The van der Waals surface area contributed by atoms with Crippen LogP contribution in [0.5, 0.6) is 0 Å². The Hall–Kier alpha value is -1.98. The highest BCUT2D eigenvalue weighted by Crippen LogP contribution is 2.57. The molecule has 0 heterocycles. The molecule has 0 aliphatic rings. The minimum atomic E-state index is -5.57. The third-order valence-electron chi connectivity index (χ3n) is 3.65. The van der Waals surface area contributed by atoms with Gasteiger partial charge in [0.1, 0.15) is 0 Å². The maximum atomic E-state index is 14.0.